The highest BCUT2D eigenvalue weighted by molar-refractivity contribution is 5.70. The summed E-state index contributed by atoms with van der Waals surface area (Å²) in [6, 6.07) is 0. The lowest BCUT2D eigenvalue weighted by atomic mass is 10.0. The van der Waals surface area contributed by atoms with Crippen LogP contribution in [0, 0.1) is 11.8 Å². The van der Waals surface area contributed by atoms with Crippen molar-refractivity contribution in [2.45, 2.75) is 196 Å². The van der Waals surface area contributed by atoms with Crippen molar-refractivity contribution < 1.29 is 47.9 Å². The summed E-state index contributed by atoms with van der Waals surface area (Å²) in [6.07, 6.45) is 22.7. The molecule has 2 atom stereocenters. The molecule has 0 spiro atoms. The van der Waals surface area contributed by atoms with Crippen molar-refractivity contribution in [3.05, 3.63) is 0 Å². The first-order chi connectivity index (χ1) is 24.3. The van der Waals surface area contributed by atoms with Gasteiger partial charge in [-0.3, -0.25) is 9.59 Å². The van der Waals surface area contributed by atoms with E-state index in [1.807, 2.05) is 13.8 Å². The fourth-order valence-corrected chi connectivity index (χ4v) is 5.10. The predicted molar refractivity (Wildman–Crippen MR) is 199 cm³/mol. The van der Waals surface area contributed by atoms with E-state index >= 15 is 0 Å². The Hall–Kier alpha value is -2.52. The number of esters is 2. The molecule has 0 aliphatic carbocycles. The van der Waals surface area contributed by atoms with E-state index in [2.05, 4.69) is 37.5 Å². The van der Waals surface area contributed by atoms with E-state index in [4.69, 9.17) is 18.9 Å². The molecule has 0 N–H and O–H groups in total. The van der Waals surface area contributed by atoms with Crippen LogP contribution in [0.25, 0.3) is 0 Å². The van der Waals surface area contributed by atoms with Crippen molar-refractivity contribution in [3.8, 4) is 0 Å². The van der Waals surface area contributed by atoms with Gasteiger partial charge in [-0.2, -0.15) is 19.4 Å². The summed E-state index contributed by atoms with van der Waals surface area (Å²) in [6.45, 7) is 14.3. The maximum absolute atomic E-state index is 11.6. The van der Waals surface area contributed by atoms with E-state index in [0.717, 1.165) is 77.0 Å². The number of unbranched alkanes of at least 4 members (excludes halogenated alkanes) is 13. The van der Waals surface area contributed by atoms with Gasteiger partial charge in [-0.05, 0) is 50.4 Å². The van der Waals surface area contributed by atoms with Crippen molar-refractivity contribution in [3.63, 3.8) is 0 Å². The Labute approximate surface area is 305 Å². The number of hydrogen-bond acceptors (Lipinski definition) is 10. The molecule has 10 heteroatoms. The summed E-state index contributed by atoms with van der Waals surface area (Å²) < 4.78 is 20.3. The van der Waals surface area contributed by atoms with Crippen molar-refractivity contribution >= 4 is 24.2 Å². The van der Waals surface area contributed by atoms with Crippen LogP contribution in [0.15, 0.2) is 0 Å². The Bertz CT molecular complexity index is 724. The zero-order valence-electron chi connectivity index (χ0n) is 33.0. The van der Waals surface area contributed by atoms with Crippen LogP contribution in [0.3, 0.4) is 0 Å². The molecule has 0 heterocycles. The third-order valence-electron chi connectivity index (χ3n) is 8.67. The van der Waals surface area contributed by atoms with Gasteiger partial charge in [-0.1, -0.05) is 144 Å². The molecule has 0 bridgehead atoms. The van der Waals surface area contributed by atoms with Gasteiger partial charge in [0.1, 0.15) is 0 Å². The lowest BCUT2D eigenvalue weighted by Crippen LogP contribution is -2.19. The molecule has 0 saturated heterocycles. The summed E-state index contributed by atoms with van der Waals surface area (Å²) >= 11 is 0. The van der Waals surface area contributed by atoms with Crippen molar-refractivity contribution in [1.29, 1.82) is 0 Å². The maximum Gasteiger partial charge on any atom is 0.550 e. The van der Waals surface area contributed by atoms with Crippen LogP contribution in [-0.4, -0.2) is 50.7 Å². The summed E-state index contributed by atoms with van der Waals surface area (Å²) in [7, 11) is 0. The second kappa shape index (κ2) is 39.3. The van der Waals surface area contributed by atoms with Crippen LogP contribution in [0.1, 0.15) is 196 Å². The summed E-state index contributed by atoms with van der Waals surface area (Å²) in [4.78, 5) is 54.6. The Balaban J connectivity index is 0. The largest absolute Gasteiger partial charge is 0.550 e. The van der Waals surface area contributed by atoms with E-state index in [1.54, 1.807) is 0 Å². The number of carbonyl (C=O) groups excluding carboxylic acids is 4. The first-order valence-electron chi connectivity index (χ1n) is 20.3. The van der Waals surface area contributed by atoms with Gasteiger partial charge in [0.2, 0.25) is 0 Å². The quantitative estimate of drug-likeness (QED) is 0.0225. The minimum Gasteiger partial charge on any atom is -0.466 e. The third kappa shape index (κ3) is 36.8. The Morgan fingerprint density at radius 1 is 0.400 bits per heavy atom. The Morgan fingerprint density at radius 3 is 1.08 bits per heavy atom. The molecule has 0 aliphatic heterocycles. The topological polar surface area (TPSA) is 124 Å². The van der Waals surface area contributed by atoms with Crippen LogP contribution in [-0.2, 0) is 38.3 Å². The zero-order chi connectivity index (χ0) is 37.5. The molecular weight excluding hydrogens is 640 g/mol. The van der Waals surface area contributed by atoms with Gasteiger partial charge >= 0.3 is 24.2 Å². The molecule has 0 aliphatic rings. The molecule has 0 rings (SSSR count). The zero-order valence-corrected chi connectivity index (χ0v) is 33.0. The third-order valence-corrected chi connectivity index (χ3v) is 8.67. The van der Waals surface area contributed by atoms with Crippen LogP contribution < -0.4 is 0 Å². The highest BCUT2D eigenvalue weighted by Crippen LogP contribution is 2.15. The van der Waals surface area contributed by atoms with Gasteiger partial charge in [0.15, 0.2) is 0 Å². The van der Waals surface area contributed by atoms with E-state index in [-0.39, 0.29) is 25.2 Å². The van der Waals surface area contributed by atoms with Crippen LogP contribution >= 0.6 is 0 Å². The molecular formula is C40H76O10. The van der Waals surface area contributed by atoms with E-state index in [0.29, 0.717) is 50.7 Å². The standard InChI is InChI=1S/C22H42O4.C18H34O6/c1-3-5-7-9-11-15-19-25-21(23)17-13-14-18-22(24)26-20-16-12-10-8-6-4-2;1-5-9-11-15(7-3)13-21-17(19)23-24-18(20)22-14-16(8-4)12-10-6-2/h3-20H2,1-2H3;15-16H,5-14H2,1-4H3. The average molecular weight is 717 g/mol. The van der Waals surface area contributed by atoms with Crippen molar-refractivity contribution in [1.82, 2.24) is 0 Å². The Morgan fingerprint density at radius 2 is 0.740 bits per heavy atom. The van der Waals surface area contributed by atoms with Crippen LogP contribution in [0.4, 0.5) is 9.59 Å². The van der Waals surface area contributed by atoms with Gasteiger partial charge in [0.25, 0.3) is 0 Å². The van der Waals surface area contributed by atoms with Crippen LogP contribution in [0.2, 0.25) is 0 Å². The molecule has 50 heavy (non-hydrogen) atoms. The molecule has 10 nitrogen and oxygen atoms in total. The molecule has 0 aromatic rings. The lowest BCUT2D eigenvalue weighted by Gasteiger charge is -2.14. The smallest absolute Gasteiger partial charge is 0.466 e. The fourth-order valence-electron chi connectivity index (χ4n) is 5.10. The Kier molecular flexibility index (Phi) is 38.9. The average Bonchev–Trinajstić information content (AvgIpc) is 3.12. The number of carbonyl (C=O) groups is 4. The van der Waals surface area contributed by atoms with Gasteiger partial charge in [-0.15, -0.1) is 0 Å². The normalized spacial score (nSPS) is 11.8. The van der Waals surface area contributed by atoms with Gasteiger partial charge in [0, 0.05) is 12.8 Å². The van der Waals surface area contributed by atoms with E-state index in [9.17, 15) is 19.2 Å². The molecule has 0 saturated carbocycles. The number of ether oxygens (including phenoxy) is 4. The van der Waals surface area contributed by atoms with Crippen LogP contribution in [0.5, 0.6) is 0 Å². The highest BCUT2D eigenvalue weighted by Gasteiger charge is 2.16. The first kappa shape index (κ1) is 49.6. The highest BCUT2D eigenvalue weighted by atomic mass is 17.3. The van der Waals surface area contributed by atoms with Gasteiger partial charge in [-0.25, -0.2) is 0 Å². The first-order valence-corrected chi connectivity index (χ1v) is 20.3. The SMILES string of the molecule is CCCCC(CC)COC(=O)OOC(=O)OCC(CC)CCCC.CCCCCCCCOC(=O)CCCCC(=O)OCCCCCCCC. The second-order valence-electron chi connectivity index (χ2n) is 13.3. The van der Waals surface area contributed by atoms with Gasteiger partial charge < -0.3 is 18.9 Å². The van der Waals surface area contributed by atoms with Gasteiger partial charge in [0.05, 0.1) is 26.4 Å². The molecule has 0 radical (unpaired) electrons. The minimum atomic E-state index is -1.01. The van der Waals surface area contributed by atoms with E-state index < -0.39 is 12.3 Å². The second-order valence-corrected chi connectivity index (χ2v) is 13.3. The van der Waals surface area contributed by atoms with Crippen molar-refractivity contribution in [2.24, 2.45) is 11.8 Å². The summed E-state index contributed by atoms with van der Waals surface area (Å²) in [5.41, 5.74) is 0. The van der Waals surface area contributed by atoms with E-state index in [1.165, 1.54) is 51.4 Å². The summed E-state index contributed by atoms with van der Waals surface area (Å²) in [5.74, 6) is 0.319. The number of hydrogen-bond donors (Lipinski definition) is 0. The lowest BCUT2D eigenvalue weighted by molar-refractivity contribution is -0.219. The molecule has 0 amide bonds. The monoisotopic (exact) mass is 717 g/mol. The minimum absolute atomic E-state index is 0.140. The molecule has 296 valence electrons. The molecule has 0 aromatic carbocycles. The van der Waals surface area contributed by atoms with Crippen molar-refractivity contribution in [2.75, 3.05) is 26.4 Å². The molecule has 0 aromatic heterocycles. The maximum atomic E-state index is 11.6. The molecule has 2 unspecified atom stereocenters. The predicted octanol–water partition coefficient (Wildman–Crippen LogP) is 12.0. The molecule has 0 fully saturated rings. The fraction of sp³-hybridized carbons (Fsp3) is 0.900. The number of rotatable bonds is 31. The summed E-state index contributed by atoms with van der Waals surface area (Å²) in [5, 5.41) is 0.